The number of carbonyl (C=O) groups excluding carboxylic acids is 1. The summed E-state index contributed by atoms with van der Waals surface area (Å²) in [7, 11) is 0. The van der Waals surface area contributed by atoms with Gasteiger partial charge >= 0.3 is 0 Å². The molecule has 0 radical (unpaired) electrons. The SMILES string of the molecule is CC(CC(=O)N1CCCCC1)Sc1ccc(O)cc1. The molecule has 1 heterocycles. The summed E-state index contributed by atoms with van der Waals surface area (Å²) in [6.07, 6.45) is 4.13. The average Bonchev–Trinajstić information content (AvgIpc) is 2.42. The molecule has 1 saturated heterocycles. The zero-order valence-corrected chi connectivity index (χ0v) is 12.2. The molecule has 1 unspecified atom stereocenters. The summed E-state index contributed by atoms with van der Waals surface area (Å²) >= 11 is 1.69. The van der Waals surface area contributed by atoms with Gasteiger partial charge in [-0.25, -0.2) is 0 Å². The number of benzene rings is 1. The second-order valence-corrected chi connectivity index (χ2v) is 6.58. The number of piperidine rings is 1. The van der Waals surface area contributed by atoms with Crippen molar-refractivity contribution in [3.8, 4) is 5.75 Å². The van der Waals surface area contributed by atoms with Gasteiger partial charge in [0.15, 0.2) is 0 Å². The van der Waals surface area contributed by atoms with Crippen LogP contribution in [0.15, 0.2) is 29.2 Å². The summed E-state index contributed by atoms with van der Waals surface area (Å²) in [5, 5.41) is 9.50. The Morgan fingerprint density at radius 1 is 1.26 bits per heavy atom. The zero-order valence-electron chi connectivity index (χ0n) is 11.3. The Balaban J connectivity index is 1.81. The number of amides is 1. The molecule has 3 nitrogen and oxygen atoms in total. The molecule has 1 N–H and O–H groups in total. The molecule has 0 aliphatic carbocycles. The molecule has 104 valence electrons. The van der Waals surface area contributed by atoms with Gasteiger partial charge in [0.2, 0.25) is 5.91 Å². The number of phenolic OH excluding ortho intramolecular Hbond substituents is 1. The van der Waals surface area contributed by atoms with Crippen molar-refractivity contribution in [3.63, 3.8) is 0 Å². The van der Waals surface area contributed by atoms with Gasteiger partial charge in [0.25, 0.3) is 0 Å². The van der Waals surface area contributed by atoms with E-state index in [2.05, 4.69) is 6.92 Å². The largest absolute Gasteiger partial charge is 0.508 e. The molecule has 1 fully saturated rings. The predicted molar refractivity (Wildman–Crippen MR) is 78.5 cm³/mol. The topological polar surface area (TPSA) is 40.5 Å². The molecule has 0 bridgehead atoms. The van der Waals surface area contributed by atoms with E-state index in [1.54, 1.807) is 23.9 Å². The highest BCUT2D eigenvalue weighted by Gasteiger charge is 2.19. The Morgan fingerprint density at radius 3 is 2.53 bits per heavy atom. The van der Waals surface area contributed by atoms with Crippen LogP contribution in [-0.2, 0) is 4.79 Å². The van der Waals surface area contributed by atoms with Crippen molar-refractivity contribution in [3.05, 3.63) is 24.3 Å². The molecular weight excluding hydrogens is 258 g/mol. The molecule has 1 aromatic carbocycles. The molecule has 19 heavy (non-hydrogen) atoms. The lowest BCUT2D eigenvalue weighted by molar-refractivity contribution is -0.131. The van der Waals surface area contributed by atoms with Crippen LogP contribution >= 0.6 is 11.8 Å². The average molecular weight is 279 g/mol. The quantitative estimate of drug-likeness (QED) is 0.860. The second kappa shape index (κ2) is 6.85. The number of nitrogens with zero attached hydrogens (tertiary/aromatic N) is 1. The first kappa shape index (κ1) is 14.3. The Morgan fingerprint density at radius 2 is 1.89 bits per heavy atom. The number of rotatable bonds is 4. The monoisotopic (exact) mass is 279 g/mol. The van der Waals surface area contributed by atoms with E-state index in [1.165, 1.54) is 6.42 Å². The summed E-state index contributed by atoms with van der Waals surface area (Å²) in [5.74, 6) is 0.555. The summed E-state index contributed by atoms with van der Waals surface area (Å²) < 4.78 is 0. The zero-order chi connectivity index (χ0) is 13.7. The van der Waals surface area contributed by atoms with Crippen LogP contribution in [0.4, 0.5) is 0 Å². The van der Waals surface area contributed by atoms with Gasteiger partial charge in [-0.3, -0.25) is 4.79 Å². The third kappa shape index (κ3) is 4.46. The van der Waals surface area contributed by atoms with Crippen LogP contribution in [-0.4, -0.2) is 34.3 Å². The molecule has 0 spiro atoms. The van der Waals surface area contributed by atoms with Crippen molar-refractivity contribution < 1.29 is 9.90 Å². The molecule has 2 rings (SSSR count). The molecule has 1 aliphatic rings. The molecule has 4 heteroatoms. The van der Waals surface area contributed by atoms with E-state index < -0.39 is 0 Å². The van der Waals surface area contributed by atoms with Crippen LogP contribution in [0, 0.1) is 0 Å². The lowest BCUT2D eigenvalue weighted by atomic mass is 10.1. The van der Waals surface area contributed by atoms with Crippen LogP contribution in [0.25, 0.3) is 0 Å². The van der Waals surface area contributed by atoms with Gasteiger partial charge in [-0.1, -0.05) is 6.92 Å². The minimum Gasteiger partial charge on any atom is -0.508 e. The van der Waals surface area contributed by atoms with E-state index in [-0.39, 0.29) is 16.9 Å². The third-order valence-electron chi connectivity index (χ3n) is 3.34. The van der Waals surface area contributed by atoms with Crippen LogP contribution in [0.5, 0.6) is 5.75 Å². The van der Waals surface area contributed by atoms with Crippen molar-refractivity contribution in [2.24, 2.45) is 0 Å². The highest BCUT2D eigenvalue weighted by Crippen LogP contribution is 2.27. The minimum absolute atomic E-state index is 0.263. The number of hydrogen-bond donors (Lipinski definition) is 1. The highest BCUT2D eigenvalue weighted by molar-refractivity contribution is 8.00. The number of phenols is 1. The smallest absolute Gasteiger partial charge is 0.223 e. The van der Waals surface area contributed by atoms with Crippen LogP contribution in [0.2, 0.25) is 0 Å². The van der Waals surface area contributed by atoms with Gasteiger partial charge in [0, 0.05) is 29.7 Å². The minimum atomic E-state index is 0.263. The third-order valence-corrected chi connectivity index (χ3v) is 4.46. The number of likely N-dealkylation sites (tertiary alicyclic amines) is 1. The van der Waals surface area contributed by atoms with Gasteiger partial charge in [-0.05, 0) is 43.5 Å². The summed E-state index contributed by atoms with van der Waals surface area (Å²) in [4.78, 5) is 15.2. The molecule has 0 aromatic heterocycles. The second-order valence-electron chi connectivity index (χ2n) is 5.07. The van der Waals surface area contributed by atoms with Gasteiger partial charge in [0.05, 0.1) is 0 Å². The van der Waals surface area contributed by atoms with Gasteiger partial charge in [-0.2, -0.15) is 0 Å². The Labute approximate surface area is 119 Å². The summed E-state index contributed by atoms with van der Waals surface area (Å²) in [6, 6.07) is 7.15. The molecule has 1 atom stereocenters. The molecular formula is C15H21NO2S. The first-order valence-electron chi connectivity index (χ1n) is 6.88. The molecule has 1 aliphatic heterocycles. The fourth-order valence-corrected chi connectivity index (χ4v) is 3.30. The van der Waals surface area contributed by atoms with Crippen LogP contribution < -0.4 is 0 Å². The standard InChI is InChI=1S/C15H21NO2S/c1-12(19-14-7-5-13(17)6-8-14)11-15(18)16-9-3-2-4-10-16/h5-8,12,17H,2-4,9-11H2,1H3. The number of aromatic hydroxyl groups is 1. The van der Waals surface area contributed by atoms with E-state index in [0.717, 1.165) is 30.8 Å². The summed E-state index contributed by atoms with van der Waals surface area (Å²) in [6.45, 7) is 3.93. The van der Waals surface area contributed by atoms with Gasteiger partial charge in [0.1, 0.15) is 5.75 Å². The lowest BCUT2D eigenvalue weighted by Crippen LogP contribution is -2.36. The lowest BCUT2D eigenvalue weighted by Gasteiger charge is -2.27. The summed E-state index contributed by atoms with van der Waals surface area (Å²) in [5.41, 5.74) is 0. The Bertz CT molecular complexity index is 413. The maximum Gasteiger partial charge on any atom is 0.223 e. The molecule has 1 amide bonds. The van der Waals surface area contributed by atoms with E-state index in [0.29, 0.717) is 6.42 Å². The first-order valence-corrected chi connectivity index (χ1v) is 7.76. The van der Waals surface area contributed by atoms with Crippen molar-refractivity contribution in [1.82, 2.24) is 4.90 Å². The normalized spacial score (nSPS) is 17.2. The van der Waals surface area contributed by atoms with Crippen LogP contribution in [0.1, 0.15) is 32.6 Å². The maximum atomic E-state index is 12.1. The van der Waals surface area contributed by atoms with Crippen molar-refractivity contribution >= 4 is 17.7 Å². The van der Waals surface area contributed by atoms with E-state index in [1.807, 2.05) is 17.0 Å². The number of thioether (sulfide) groups is 1. The first-order chi connectivity index (χ1) is 9.15. The fraction of sp³-hybridized carbons (Fsp3) is 0.533. The molecule has 1 aromatic rings. The predicted octanol–water partition coefficient (Wildman–Crippen LogP) is 3.28. The van der Waals surface area contributed by atoms with E-state index in [9.17, 15) is 9.90 Å². The Hall–Kier alpha value is -1.16. The van der Waals surface area contributed by atoms with Gasteiger partial charge < -0.3 is 10.0 Å². The molecule has 0 saturated carbocycles. The van der Waals surface area contributed by atoms with Gasteiger partial charge in [-0.15, -0.1) is 11.8 Å². The highest BCUT2D eigenvalue weighted by atomic mass is 32.2. The van der Waals surface area contributed by atoms with E-state index >= 15 is 0 Å². The Kier molecular flexibility index (Phi) is 5.14. The number of hydrogen-bond acceptors (Lipinski definition) is 3. The van der Waals surface area contributed by atoms with Crippen molar-refractivity contribution in [1.29, 1.82) is 0 Å². The van der Waals surface area contributed by atoms with Crippen molar-refractivity contribution in [2.45, 2.75) is 42.8 Å². The number of carbonyl (C=O) groups is 1. The maximum absolute atomic E-state index is 12.1. The van der Waals surface area contributed by atoms with E-state index in [4.69, 9.17) is 0 Å². The van der Waals surface area contributed by atoms with Crippen molar-refractivity contribution in [2.75, 3.05) is 13.1 Å². The van der Waals surface area contributed by atoms with Crippen LogP contribution in [0.3, 0.4) is 0 Å². The fourth-order valence-electron chi connectivity index (χ4n) is 2.32.